The van der Waals surface area contributed by atoms with Gasteiger partial charge in [-0.25, -0.2) is 9.97 Å². The van der Waals surface area contributed by atoms with Gasteiger partial charge in [0.1, 0.15) is 5.69 Å². The summed E-state index contributed by atoms with van der Waals surface area (Å²) >= 11 is 12.0. The Morgan fingerprint density at radius 1 is 1.25 bits per heavy atom. The maximum Gasteiger partial charge on any atom is 0.272 e. The van der Waals surface area contributed by atoms with Gasteiger partial charge in [0.25, 0.3) is 5.91 Å². The molecular weight excluding hydrogens is 347 g/mol. The molecule has 1 aromatic carbocycles. The molecule has 0 saturated carbocycles. The Kier molecular flexibility index (Phi) is 6.40. The van der Waals surface area contributed by atoms with E-state index in [2.05, 4.69) is 22.2 Å². The van der Waals surface area contributed by atoms with Crippen molar-refractivity contribution < 1.29 is 4.79 Å². The van der Waals surface area contributed by atoms with Gasteiger partial charge in [-0.1, -0.05) is 36.5 Å². The van der Waals surface area contributed by atoms with E-state index < -0.39 is 0 Å². The molecule has 1 amide bonds. The number of halogens is 2. The summed E-state index contributed by atoms with van der Waals surface area (Å²) in [6.07, 6.45) is 1.99. The van der Waals surface area contributed by atoms with Crippen LogP contribution in [0.2, 0.25) is 10.0 Å². The van der Waals surface area contributed by atoms with Crippen LogP contribution in [0, 0.1) is 6.92 Å². The molecule has 1 heterocycles. The predicted octanol–water partition coefficient (Wildman–Crippen LogP) is 4.71. The third-order valence-corrected chi connectivity index (χ3v) is 3.99. The predicted molar refractivity (Wildman–Crippen MR) is 98.4 cm³/mol. The molecule has 5 nitrogen and oxygen atoms in total. The largest absolute Gasteiger partial charge is 0.340 e. The minimum absolute atomic E-state index is 0.126. The van der Waals surface area contributed by atoms with Crippen LogP contribution in [-0.2, 0) is 0 Å². The van der Waals surface area contributed by atoms with E-state index in [4.69, 9.17) is 23.2 Å². The molecule has 7 heteroatoms. The summed E-state index contributed by atoms with van der Waals surface area (Å²) in [6, 6.07) is 6.77. The van der Waals surface area contributed by atoms with E-state index in [9.17, 15) is 4.79 Å². The Balaban J connectivity index is 2.23. The second-order valence-corrected chi connectivity index (χ2v) is 6.39. The minimum Gasteiger partial charge on any atom is -0.340 e. The van der Waals surface area contributed by atoms with Gasteiger partial charge in [0, 0.05) is 24.3 Å². The SMILES string of the molecule is CCCCN(C)C(=O)c1cc(C)nc(Nc2ccc(Cl)cc2Cl)n1. The highest BCUT2D eigenvalue weighted by atomic mass is 35.5. The van der Waals surface area contributed by atoms with Crippen molar-refractivity contribution in [1.29, 1.82) is 0 Å². The van der Waals surface area contributed by atoms with Gasteiger partial charge in [0.15, 0.2) is 0 Å². The highest BCUT2D eigenvalue weighted by Crippen LogP contribution is 2.27. The summed E-state index contributed by atoms with van der Waals surface area (Å²) in [4.78, 5) is 22.8. The quantitative estimate of drug-likeness (QED) is 0.804. The van der Waals surface area contributed by atoms with Crippen molar-refractivity contribution in [3.05, 3.63) is 45.7 Å². The number of anilines is 2. The summed E-state index contributed by atoms with van der Waals surface area (Å²) in [5, 5.41) is 4.04. The van der Waals surface area contributed by atoms with Crippen LogP contribution in [0.1, 0.15) is 35.9 Å². The van der Waals surface area contributed by atoms with Gasteiger partial charge in [0.2, 0.25) is 5.95 Å². The number of aromatic nitrogens is 2. The van der Waals surface area contributed by atoms with Crippen LogP contribution in [0.3, 0.4) is 0 Å². The topological polar surface area (TPSA) is 58.1 Å². The molecule has 0 saturated heterocycles. The molecule has 0 spiro atoms. The smallest absolute Gasteiger partial charge is 0.272 e. The molecule has 0 atom stereocenters. The molecule has 0 radical (unpaired) electrons. The molecule has 24 heavy (non-hydrogen) atoms. The average Bonchev–Trinajstić information content (AvgIpc) is 2.54. The summed E-state index contributed by atoms with van der Waals surface area (Å²) in [5.74, 6) is 0.200. The molecule has 0 fully saturated rings. The second kappa shape index (κ2) is 8.31. The Bertz CT molecular complexity index is 737. The lowest BCUT2D eigenvalue weighted by Gasteiger charge is -2.17. The summed E-state index contributed by atoms with van der Waals surface area (Å²) in [7, 11) is 1.78. The summed E-state index contributed by atoms with van der Waals surface area (Å²) in [5.41, 5.74) is 1.68. The number of hydrogen-bond acceptors (Lipinski definition) is 4. The van der Waals surface area contributed by atoms with Crippen LogP contribution in [0.15, 0.2) is 24.3 Å². The van der Waals surface area contributed by atoms with Crippen molar-refractivity contribution in [2.24, 2.45) is 0 Å². The zero-order chi connectivity index (χ0) is 17.7. The van der Waals surface area contributed by atoms with Gasteiger partial charge in [-0.2, -0.15) is 0 Å². The molecule has 0 aliphatic carbocycles. The van der Waals surface area contributed by atoms with E-state index in [-0.39, 0.29) is 5.91 Å². The van der Waals surface area contributed by atoms with E-state index in [1.54, 1.807) is 36.2 Å². The van der Waals surface area contributed by atoms with Crippen molar-refractivity contribution in [3.8, 4) is 0 Å². The van der Waals surface area contributed by atoms with E-state index in [1.807, 2.05) is 6.92 Å². The molecule has 0 aliphatic heterocycles. The fourth-order valence-corrected chi connectivity index (χ4v) is 2.59. The number of nitrogens with one attached hydrogen (secondary N) is 1. The fraction of sp³-hybridized carbons (Fsp3) is 0.353. The van der Waals surface area contributed by atoms with Gasteiger partial charge < -0.3 is 10.2 Å². The van der Waals surface area contributed by atoms with Gasteiger partial charge in [-0.05, 0) is 37.6 Å². The molecule has 1 aromatic heterocycles. The van der Waals surface area contributed by atoms with E-state index in [0.717, 1.165) is 12.8 Å². The third-order valence-electron chi connectivity index (χ3n) is 3.44. The molecule has 2 rings (SSSR count). The number of unbranched alkanes of at least 4 members (excludes halogenated alkanes) is 1. The van der Waals surface area contributed by atoms with Gasteiger partial charge in [-0.3, -0.25) is 4.79 Å². The maximum atomic E-state index is 12.5. The summed E-state index contributed by atoms with van der Waals surface area (Å²) < 4.78 is 0. The Hall–Kier alpha value is -1.85. The molecule has 0 unspecified atom stereocenters. The Morgan fingerprint density at radius 3 is 2.67 bits per heavy atom. The first-order valence-corrected chi connectivity index (χ1v) is 8.49. The van der Waals surface area contributed by atoms with Crippen molar-refractivity contribution in [2.75, 3.05) is 18.9 Å². The summed E-state index contributed by atoms with van der Waals surface area (Å²) in [6.45, 7) is 4.61. The van der Waals surface area contributed by atoms with Crippen molar-refractivity contribution in [3.63, 3.8) is 0 Å². The normalized spacial score (nSPS) is 10.5. The van der Waals surface area contributed by atoms with E-state index in [0.29, 0.717) is 39.6 Å². The van der Waals surface area contributed by atoms with Crippen molar-refractivity contribution >= 4 is 40.7 Å². The second-order valence-electron chi connectivity index (χ2n) is 5.55. The lowest BCUT2D eigenvalue weighted by Crippen LogP contribution is -2.28. The fourth-order valence-electron chi connectivity index (χ4n) is 2.14. The van der Waals surface area contributed by atoms with Gasteiger partial charge in [-0.15, -0.1) is 0 Å². The zero-order valence-corrected chi connectivity index (χ0v) is 15.4. The van der Waals surface area contributed by atoms with Crippen molar-refractivity contribution in [2.45, 2.75) is 26.7 Å². The molecule has 2 aromatic rings. The van der Waals surface area contributed by atoms with Gasteiger partial charge >= 0.3 is 0 Å². The molecule has 128 valence electrons. The molecular formula is C17H20Cl2N4O. The monoisotopic (exact) mass is 366 g/mol. The van der Waals surface area contributed by atoms with Crippen LogP contribution in [0.25, 0.3) is 0 Å². The molecule has 0 bridgehead atoms. The lowest BCUT2D eigenvalue weighted by molar-refractivity contribution is 0.0787. The first-order valence-electron chi connectivity index (χ1n) is 7.74. The molecule has 1 N–H and O–H groups in total. The standard InChI is InChI=1S/C17H20Cl2N4O/c1-4-5-8-23(3)16(24)15-9-11(2)20-17(22-15)21-14-7-6-12(18)10-13(14)19/h6-7,9-10H,4-5,8H2,1-3H3,(H,20,21,22). The van der Waals surface area contributed by atoms with Crippen LogP contribution in [0.4, 0.5) is 11.6 Å². The lowest BCUT2D eigenvalue weighted by atomic mass is 10.2. The number of benzene rings is 1. The Morgan fingerprint density at radius 2 is 2.00 bits per heavy atom. The zero-order valence-electron chi connectivity index (χ0n) is 13.9. The highest BCUT2D eigenvalue weighted by Gasteiger charge is 2.15. The van der Waals surface area contributed by atoms with Crippen LogP contribution < -0.4 is 5.32 Å². The van der Waals surface area contributed by atoms with Crippen LogP contribution in [-0.4, -0.2) is 34.4 Å². The molecule has 0 aliphatic rings. The highest BCUT2D eigenvalue weighted by molar-refractivity contribution is 6.36. The number of hydrogen-bond donors (Lipinski definition) is 1. The van der Waals surface area contributed by atoms with Gasteiger partial charge in [0.05, 0.1) is 10.7 Å². The number of carbonyl (C=O) groups is 1. The van der Waals surface area contributed by atoms with E-state index >= 15 is 0 Å². The third kappa shape index (κ3) is 4.82. The number of amides is 1. The first-order chi connectivity index (χ1) is 11.4. The Labute approximate surface area is 152 Å². The average molecular weight is 367 g/mol. The van der Waals surface area contributed by atoms with Crippen LogP contribution in [0.5, 0.6) is 0 Å². The van der Waals surface area contributed by atoms with E-state index in [1.165, 1.54) is 0 Å². The maximum absolute atomic E-state index is 12.5. The first kappa shape index (κ1) is 18.5. The number of rotatable bonds is 6. The minimum atomic E-state index is -0.126. The van der Waals surface area contributed by atoms with Crippen LogP contribution >= 0.6 is 23.2 Å². The number of carbonyl (C=O) groups excluding carboxylic acids is 1. The number of aryl methyl sites for hydroxylation is 1. The number of nitrogens with zero attached hydrogens (tertiary/aromatic N) is 3. The van der Waals surface area contributed by atoms with Crippen molar-refractivity contribution in [1.82, 2.24) is 14.9 Å².